The van der Waals surface area contributed by atoms with Gasteiger partial charge in [-0.25, -0.2) is 9.97 Å². The van der Waals surface area contributed by atoms with Crippen LogP contribution in [0.2, 0.25) is 5.02 Å². The summed E-state index contributed by atoms with van der Waals surface area (Å²) in [5.41, 5.74) is 2.14. The molecule has 1 aliphatic rings. The van der Waals surface area contributed by atoms with Crippen molar-refractivity contribution in [2.24, 2.45) is 0 Å². The van der Waals surface area contributed by atoms with E-state index in [0.717, 1.165) is 47.9 Å². The Morgan fingerprint density at radius 2 is 1.57 bits per heavy atom. The quantitative estimate of drug-likeness (QED) is 0.615. The molecule has 1 fully saturated rings. The number of halogens is 1. The van der Waals surface area contributed by atoms with Crippen molar-refractivity contribution >= 4 is 11.6 Å². The van der Waals surface area contributed by atoms with Crippen molar-refractivity contribution in [2.75, 3.05) is 20.1 Å². The van der Waals surface area contributed by atoms with Crippen molar-refractivity contribution in [3.8, 4) is 11.1 Å². The summed E-state index contributed by atoms with van der Waals surface area (Å²) in [7, 11) is 2.17. The van der Waals surface area contributed by atoms with E-state index < -0.39 is 18.5 Å². The van der Waals surface area contributed by atoms with Crippen molar-refractivity contribution in [2.45, 2.75) is 18.8 Å². The van der Waals surface area contributed by atoms with Crippen LogP contribution < -0.4 is 0 Å². The first-order chi connectivity index (χ1) is 11.1. The van der Waals surface area contributed by atoms with Crippen LogP contribution in [0.25, 0.3) is 11.1 Å². The second-order valence-electron chi connectivity index (χ2n) is 5.47. The fourth-order valence-electron chi connectivity index (χ4n) is 2.61. The Labute approximate surface area is 149 Å². The monoisotopic (exact) mass is 514 g/mol. The van der Waals surface area contributed by atoms with Crippen LogP contribution in [-0.4, -0.2) is 35.0 Å². The van der Waals surface area contributed by atoms with Gasteiger partial charge in [-0.2, -0.15) is 0 Å². The number of piperidine rings is 1. The summed E-state index contributed by atoms with van der Waals surface area (Å²) in [6.07, 6.45) is 6.14. The number of hydrogen-bond acceptors (Lipinski definition) is 5. The van der Waals surface area contributed by atoms with Crippen molar-refractivity contribution in [3.05, 3.63) is 47.5 Å². The third-order valence-electron chi connectivity index (χ3n) is 3.93. The molecule has 0 saturated carbocycles. The Kier molecular flexibility index (Phi) is 7.28. The van der Waals surface area contributed by atoms with Crippen LogP contribution in [0.3, 0.4) is 0 Å². The molecule has 2 aromatic rings. The number of nitrogens with zero attached hydrogens (tertiary/aromatic N) is 3. The minimum absolute atomic E-state index is 0.505. The van der Waals surface area contributed by atoms with Crippen LogP contribution in [0.15, 0.2) is 36.7 Å². The van der Waals surface area contributed by atoms with Crippen LogP contribution >= 0.6 is 11.6 Å². The molecule has 7 heteroatoms. The third kappa shape index (κ3) is 5.45. The molecule has 1 aliphatic heterocycles. The maximum absolute atomic E-state index is 8.49. The molecule has 3 rings (SSSR count). The molecule has 0 atom stereocenters. The SMILES string of the molecule is CN1CCC(c2ncc(-c3ccc(Cl)cc3)cn2)CC1.[O]=[Pt]=[O]. The normalized spacial score (nSPS) is 15.9. The van der Waals surface area contributed by atoms with E-state index in [0.29, 0.717) is 5.92 Å². The van der Waals surface area contributed by atoms with Gasteiger partial charge in [0.2, 0.25) is 0 Å². The van der Waals surface area contributed by atoms with Crippen LogP contribution in [0.5, 0.6) is 0 Å². The molecule has 0 N–H and O–H groups in total. The molecule has 0 radical (unpaired) electrons. The predicted molar refractivity (Wildman–Crippen MR) is 83.3 cm³/mol. The van der Waals surface area contributed by atoms with Crippen LogP contribution in [0.4, 0.5) is 0 Å². The number of rotatable bonds is 2. The van der Waals surface area contributed by atoms with E-state index in [1.165, 1.54) is 0 Å². The molecular formula is C16H18ClN3O2Pt. The first-order valence-electron chi connectivity index (χ1n) is 7.24. The Morgan fingerprint density at radius 3 is 2.09 bits per heavy atom. The average molecular weight is 515 g/mol. The summed E-state index contributed by atoms with van der Waals surface area (Å²) in [5.74, 6) is 1.49. The summed E-state index contributed by atoms with van der Waals surface area (Å²) in [4.78, 5) is 11.5. The maximum atomic E-state index is 8.49. The summed E-state index contributed by atoms with van der Waals surface area (Å²) in [5, 5.41) is 0.748. The minimum atomic E-state index is -1.92. The van der Waals surface area contributed by atoms with E-state index in [-0.39, 0.29) is 0 Å². The second kappa shape index (κ2) is 9.21. The van der Waals surface area contributed by atoms with Crippen molar-refractivity contribution in [3.63, 3.8) is 0 Å². The molecule has 1 aromatic carbocycles. The van der Waals surface area contributed by atoms with Gasteiger partial charge in [-0.3, -0.25) is 0 Å². The average Bonchev–Trinajstić information content (AvgIpc) is 2.57. The van der Waals surface area contributed by atoms with Gasteiger partial charge in [0.15, 0.2) is 0 Å². The van der Waals surface area contributed by atoms with Crippen molar-refractivity contribution < 1.29 is 25.3 Å². The van der Waals surface area contributed by atoms with Gasteiger partial charge in [-0.05, 0) is 50.7 Å². The fourth-order valence-corrected chi connectivity index (χ4v) is 2.73. The predicted octanol–water partition coefficient (Wildman–Crippen LogP) is 3.37. The van der Waals surface area contributed by atoms with Crippen LogP contribution in [-0.2, 0) is 25.3 Å². The topological polar surface area (TPSA) is 63.2 Å². The Morgan fingerprint density at radius 1 is 1.04 bits per heavy atom. The van der Waals surface area contributed by atoms with Gasteiger partial charge in [0.1, 0.15) is 5.82 Å². The number of hydrogen-bond donors (Lipinski definition) is 0. The molecule has 0 bridgehead atoms. The van der Waals surface area contributed by atoms with Crippen molar-refractivity contribution in [1.82, 2.24) is 14.9 Å². The fraction of sp³-hybridized carbons (Fsp3) is 0.375. The van der Waals surface area contributed by atoms with E-state index in [1.54, 1.807) is 0 Å². The van der Waals surface area contributed by atoms with E-state index in [4.69, 9.17) is 18.4 Å². The molecule has 0 aliphatic carbocycles. The zero-order chi connectivity index (χ0) is 16.7. The number of likely N-dealkylation sites (tertiary alicyclic amines) is 1. The van der Waals surface area contributed by atoms with Gasteiger partial charge < -0.3 is 4.90 Å². The summed E-state index contributed by atoms with van der Waals surface area (Å²) < 4.78 is 17.0. The summed E-state index contributed by atoms with van der Waals surface area (Å²) in [6.45, 7) is 2.26. The van der Waals surface area contributed by atoms with Crippen LogP contribution in [0.1, 0.15) is 24.6 Å². The molecule has 0 unspecified atom stereocenters. The van der Waals surface area contributed by atoms with Gasteiger partial charge in [-0.15, -0.1) is 0 Å². The zero-order valence-electron chi connectivity index (χ0n) is 12.7. The number of aromatic nitrogens is 2. The van der Waals surface area contributed by atoms with E-state index in [9.17, 15) is 0 Å². The molecular weight excluding hydrogens is 497 g/mol. The van der Waals surface area contributed by atoms with E-state index >= 15 is 0 Å². The standard InChI is InChI=1S/C16H18ClN3.2O.Pt/c1-20-8-6-13(7-9-20)16-18-10-14(11-19-16)12-2-4-15(17)5-3-12;;;/h2-5,10-11,13H,6-9H2,1H3;;;. The Hall–Kier alpha value is -1.16. The van der Waals surface area contributed by atoms with Gasteiger partial charge in [0.25, 0.3) is 0 Å². The molecule has 0 spiro atoms. The van der Waals surface area contributed by atoms with E-state index in [1.807, 2.05) is 36.7 Å². The molecule has 2 heterocycles. The summed E-state index contributed by atoms with van der Waals surface area (Å²) in [6, 6.07) is 7.77. The van der Waals surface area contributed by atoms with Gasteiger partial charge in [-0.1, -0.05) is 23.7 Å². The first-order valence-corrected chi connectivity index (χ1v) is 9.48. The van der Waals surface area contributed by atoms with Crippen LogP contribution in [0, 0.1) is 0 Å². The Balaban J connectivity index is 0.000000595. The first kappa shape index (κ1) is 18.2. The summed E-state index contributed by atoms with van der Waals surface area (Å²) >= 11 is 3.99. The molecule has 23 heavy (non-hydrogen) atoms. The van der Waals surface area contributed by atoms with E-state index in [2.05, 4.69) is 21.9 Å². The van der Waals surface area contributed by atoms with Crippen molar-refractivity contribution in [1.29, 1.82) is 0 Å². The molecule has 0 amide bonds. The Bertz CT molecular complexity index is 650. The van der Waals surface area contributed by atoms with Gasteiger partial charge in [0, 0.05) is 28.9 Å². The third-order valence-corrected chi connectivity index (χ3v) is 4.19. The molecule has 126 valence electrons. The zero-order valence-corrected chi connectivity index (χ0v) is 15.8. The second-order valence-corrected chi connectivity index (χ2v) is 6.28. The van der Waals surface area contributed by atoms with Gasteiger partial charge >= 0.3 is 25.3 Å². The van der Waals surface area contributed by atoms with Gasteiger partial charge in [0.05, 0.1) is 0 Å². The molecule has 5 nitrogen and oxygen atoms in total. The number of benzene rings is 1. The molecule has 1 saturated heterocycles. The molecule has 1 aromatic heterocycles.